The highest BCUT2D eigenvalue weighted by Crippen LogP contribution is 2.32. The summed E-state index contributed by atoms with van der Waals surface area (Å²) in [5.41, 5.74) is 5.77. The molecule has 1 aliphatic heterocycles. The van der Waals surface area contributed by atoms with Crippen molar-refractivity contribution >= 4 is 23.3 Å². The molecule has 6 nitrogen and oxygen atoms in total. The number of hydrogen-bond donors (Lipinski definition) is 3. The first kappa shape index (κ1) is 23.4. The Morgan fingerprint density at radius 3 is 2.25 bits per heavy atom. The normalized spacial score (nSPS) is 14.2. The van der Waals surface area contributed by atoms with Gasteiger partial charge >= 0.3 is 6.03 Å². The van der Waals surface area contributed by atoms with Crippen LogP contribution in [0.1, 0.15) is 59.7 Å². The van der Waals surface area contributed by atoms with Gasteiger partial charge < -0.3 is 20.9 Å². The van der Waals surface area contributed by atoms with Gasteiger partial charge in [-0.1, -0.05) is 30.8 Å². The van der Waals surface area contributed by atoms with Crippen LogP contribution in [-0.4, -0.2) is 43.0 Å². The molecule has 2 aromatic rings. The minimum Gasteiger partial charge on any atom is -0.371 e. The Labute approximate surface area is 191 Å². The van der Waals surface area contributed by atoms with Gasteiger partial charge in [0.2, 0.25) is 0 Å². The fourth-order valence-corrected chi connectivity index (χ4v) is 4.07. The Bertz CT molecular complexity index is 974. The van der Waals surface area contributed by atoms with Gasteiger partial charge in [-0.2, -0.15) is 0 Å². The van der Waals surface area contributed by atoms with E-state index in [1.165, 1.54) is 5.56 Å². The maximum atomic E-state index is 12.1. The van der Waals surface area contributed by atoms with Crippen LogP contribution in [0.25, 0.3) is 5.70 Å². The molecule has 2 aromatic carbocycles. The van der Waals surface area contributed by atoms with Crippen molar-refractivity contribution in [2.75, 3.05) is 25.5 Å². The van der Waals surface area contributed by atoms with E-state index in [1.54, 1.807) is 7.05 Å². The third-order valence-corrected chi connectivity index (χ3v) is 5.99. The minimum absolute atomic E-state index is 0.0590. The summed E-state index contributed by atoms with van der Waals surface area (Å²) < 4.78 is 0. The molecule has 1 saturated heterocycles. The molecule has 6 heteroatoms. The van der Waals surface area contributed by atoms with E-state index in [4.69, 9.17) is 0 Å². The van der Waals surface area contributed by atoms with Crippen LogP contribution >= 0.6 is 0 Å². The Balaban J connectivity index is 1.62. The van der Waals surface area contributed by atoms with E-state index in [2.05, 4.69) is 45.6 Å². The first-order chi connectivity index (χ1) is 15.3. The summed E-state index contributed by atoms with van der Waals surface area (Å²) in [4.78, 5) is 26.2. The van der Waals surface area contributed by atoms with Crippen LogP contribution in [-0.2, 0) is 0 Å². The third kappa shape index (κ3) is 5.69. The quantitative estimate of drug-likeness (QED) is 0.615. The number of likely N-dealkylation sites (tertiary alicyclic amines) is 1. The Kier molecular flexibility index (Phi) is 7.57. The lowest BCUT2D eigenvalue weighted by Gasteiger charge is -2.35. The van der Waals surface area contributed by atoms with Crippen molar-refractivity contribution in [2.24, 2.45) is 0 Å². The van der Waals surface area contributed by atoms with Crippen LogP contribution in [0.2, 0.25) is 0 Å². The van der Waals surface area contributed by atoms with Crippen molar-refractivity contribution in [3.8, 4) is 0 Å². The topological polar surface area (TPSA) is 73.5 Å². The molecule has 0 saturated carbocycles. The molecule has 0 aliphatic carbocycles. The van der Waals surface area contributed by atoms with E-state index in [-0.39, 0.29) is 18.0 Å². The first-order valence-corrected chi connectivity index (χ1v) is 11.2. The maximum Gasteiger partial charge on any atom is 0.319 e. The highest BCUT2D eigenvalue weighted by Gasteiger charge is 2.22. The molecule has 0 unspecified atom stereocenters. The largest absolute Gasteiger partial charge is 0.371 e. The fraction of sp³-hybridized carbons (Fsp3) is 0.385. The zero-order valence-electron chi connectivity index (χ0n) is 19.5. The predicted octanol–water partition coefficient (Wildman–Crippen LogP) is 4.73. The highest BCUT2D eigenvalue weighted by atomic mass is 16.2. The van der Waals surface area contributed by atoms with Gasteiger partial charge in [0.25, 0.3) is 5.91 Å². The number of hydrogen-bond acceptors (Lipinski definition) is 3. The average molecular weight is 435 g/mol. The Hall–Kier alpha value is -3.28. The third-order valence-electron chi connectivity index (χ3n) is 5.99. The molecule has 3 rings (SSSR count). The van der Waals surface area contributed by atoms with Gasteiger partial charge in [0.15, 0.2) is 0 Å². The molecular weight excluding hydrogens is 400 g/mol. The lowest BCUT2D eigenvalue weighted by atomic mass is 9.88. The van der Waals surface area contributed by atoms with Crippen molar-refractivity contribution in [1.29, 1.82) is 0 Å². The summed E-state index contributed by atoms with van der Waals surface area (Å²) in [6.45, 7) is 12.0. The molecule has 1 aliphatic rings. The van der Waals surface area contributed by atoms with Gasteiger partial charge in [-0.25, -0.2) is 4.79 Å². The van der Waals surface area contributed by atoms with Gasteiger partial charge in [-0.3, -0.25) is 4.79 Å². The number of amides is 3. The summed E-state index contributed by atoms with van der Waals surface area (Å²) >= 11 is 0. The smallest absolute Gasteiger partial charge is 0.319 e. The molecule has 0 spiro atoms. The van der Waals surface area contributed by atoms with Crippen LogP contribution in [0, 0.1) is 6.92 Å². The Morgan fingerprint density at radius 1 is 1.03 bits per heavy atom. The van der Waals surface area contributed by atoms with E-state index in [9.17, 15) is 9.59 Å². The zero-order valence-corrected chi connectivity index (χ0v) is 19.5. The molecule has 0 radical (unpaired) electrons. The van der Waals surface area contributed by atoms with Gasteiger partial charge in [-0.05, 0) is 74.4 Å². The molecule has 0 aromatic heterocycles. The second-order valence-electron chi connectivity index (χ2n) is 8.69. The summed E-state index contributed by atoms with van der Waals surface area (Å²) in [6.07, 6.45) is 2.07. The molecule has 0 bridgehead atoms. The first-order valence-electron chi connectivity index (χ1n) is 11.2. The van der Waals surface area contributed by atoms with Crippen LogP contribution in [0.4, 0.5) is 10.5 Å². The number of rotatable bonds is 6. The Morgan fingerprint density at radius 2 is 1.66 bits per heavy atom. The summed E-state index contributed by atoms with van der Waals surface area (Å²) in [5.74, 6) is 0.420. The van der Waals surface area contributed by atoms with Gasteiger partial charge in [0.1, 0.15) is 0 Å². The lowest BCUT2D eigenvalue weighted by molar-refractivity contribution is 0.0963. The van der Waals surface area contributed by atoms with E-state index >= 15 is 0 Å². The maximum absolute atomic E-state index is 12.1. The van der Waals surface area contributed by atoms with Crippen molar-refractivity contribution in [1.82, 2.24) is 15.5 Å². The van der Waals surface area contributed by atoms with E-state index in [1.807, 2.05) is 45.0 Å². The lowest BCUT2D eigenvalue weighted by Crippen LogP contribution is -2.34. The molecule has 1 heterocycles. The van der Waals surface area contributed by atoms with Crippen LogP contribution < -0.4 is 16.0 Å². The van der Waals surface area contributed by atoms with E-state index in [0.29, 0.717) is 11.5 Å². The van der Waals surface area contributed by atoms with Crippen LogP contribution in [0.3, 0.4) is 0 Å². The zero-order chi connectivity index (χ0) is 23.3. The number of nitrogens with zero attached hydrogens (tertiary/aromatic N) is 1. The molecule has 170 valence electrons. The predicted molar refractivity (Wildman–Crippen MR) is 131 cm³/mol. The molecular formula is C26H34N4O2. The van der Waals surface area contributed by atoms with E-state index in [0.717, 1.165) is 48.4 Å². The number of carbonyl (C=O) groups excluding carboxylic acids is 2. The van der Waals surface area contributed by atoms with Crippen molar-refractivity contribution in [3.63, 3.8) is 0 Å². The van der Waals surface area contributed by atoms with Crippen LogP contribution in [0.15, 0.2) is 49.0 Å². The number of urea groups is 1. The van der Waals surface area contributed by atoms with E-state index < -0.39 is 0 Å². The number of benzene rings is 2. The highest BCUT2D eigenvalue weighted by molar-refractivity contribution is 5.94. The molecule has 0 atom stereocenters. The molecule has 3 N–H and O–H groups in total. The van der Waals surface area contributed by atoms with Crippen molar-refractivity contribution < 1.29 is 9.59 Å². The van der Waals surface area contributed by atoms with Gasteiger partial charge in [0, 0.05) is 43.1 Å². The van der Waals surface area contributed by atoms with Crippen molar-refractivity contribution in [3.05, 3.63) is 71.3 Å². The SMILES string of the molecule is C=C(c1ccc(C)c(NC(=O)NC(C)C)c1)N1CCC(c2ccc(C(=O)NC)cc2)CC1. The number of nitrogens with one attached hydrogen (secondary N) is 3. The van der Waals surface area contributed by atoms with Gasteiger partial charge in [0.05, 0.1) is 0 Å². The average Bonchev–Trinajstić information content (AvgIpc) is 2.79. The second kappa shape index (κ2) is 10.4. The standard InChI is InChI=1S/C26H34N4O2/c1-17(2)28-26(32)29-24-16-23(7-6-18(24)3)19(4)30-14-12-21(13-15-30)20-8-10-22(11-9-20)25(31)27-5/h6-11,16-17,21H,4,12-15H2,1-3,5H3,(H,27,31)(H2,28,29,32). The molecule has 32 heavy (non-hydrogen) atoms. The molecule has 3 amide bonds. The fourth-order valence-electron chi connectivity index (χ4n) is 4.07. The number of carbonyl (C=O) groups is 2. The van der Waals surface area contributed by atoms with Crippen molar-refractivity contribution in [2.45, 2.75) is 45.6 Å². The summed E-state index contributed by atoms with van der Waals surface area (Å²) in [7, 11) is 1.65. The summed E-state index contributed by atoms with van der Waals surface area (Å²) in [5, 5.41) is 8.46. The monoisotopic (exact) mass is 434 g/mol. The minimum atomic E-state index is -0.200. The molecule has 1 fully saturated rings. The number of piperidine rings is 1. The number of anilines is 1. The van der Waals surface area contributed by atoms with Crippen LogP contribution in [0.5, 0.6) is 0 Å². The second-order valence-corrected chi connectivity index (χ2v) is 8.69. The summed E-state index contributed by atoms with van der Waals surface area (Å²) in [6, 6.07) is 13.9. The number of aryl methyl sites for hydroxylation is 1. The van der Waals surface area contributed by atoms with Gasteiger partial charge in [-0.15, -0.1) is 0 Å².